The van der Waals surface area contributed by atoms with E-state index in [1.807, 2.05) is 0 Å². The van der Waals surface area contributed by atoms with Crippen molar-refractivity contribution in [1.82, 2.24) is 5.32 Å². The first-order valence-corrected chi connectivity index (χ1v) is 12.3. The molecular formula is C23H27F3N4O2S. The van der Waals surface area contributed by atoms with Crippen molar-refractivity contribution in [3.8, 4) is 6.19 Å². The molecule has 1 atom stereocenters. The van der Waals surface area contributed by atoms with Gasteiger partial charge < -0.3 is 10.6 Å². The molecule has 0 spiro atoms. The lowest BCUT2D eigenvalue weighted by Crippen LogP contribution is -2.28. The number of hydrogen-bond donors (Lipinski definition) is 2. The first kappa shape index (κ1) is 23.7. The number of fused-ring (bicyclic) bond motifs is 1. The summed E-state index contributed by atoms with van der Waals surface area (Å²) in [5.74, 6) is 0.261. The van der Waals surface area contributed by atoms with E-state index in [-0.39, 0.29) is 35.8 Å². The zero-order valence-corrected chi connectivity index (χ0v) is 19.1. The highest BCUT2D eigenvalue weighted by atomic mass is 32.1. The summed E-state index contributed by atoms with van der Waals surface area (Å²) in [5.41, 5.74) is 1.63. The summed E-state index contributed by atoms with van der Waals surface area (Å²) < 4.78 is 38.0. The predicted octanol–water partition coefficient (Wildman–Crippen LogP) is 5.00. The van der Waals surface area contributed by atoms with Gasteiger partial charge in [0.1, 0.15) is 5.00 Å². The zero-order chi connectivity index (χ0) is 23.6. The van der Waals surface area contributed by atoms with E-state index in [1.54, 1.807) is 6.19 Å². The van der Waals surface area contributed by atoms with Crippen molar-refractivity contribution in [2.24, 2.45) is 22.7 Å². The number of carbonyl (C=O) groups is 2. The van der Waals surface area contributed by atoms with Crippen LogP contribution in [0.5, 0.6) is 0 Å². The van der Waals surface area contributed by atoms with E-state index in [2.05, 4.69) is 15.6 Å². The quantitative estimate of drug-likeness (QED) is 0.385. The topological polar surface area (TPSA) is 94.3 Å². The smallest absolute Gasteiger partial charge is 0.352 e. The molecule has 0 bridgehead atoms. The van der Waals surface area contributed by atoms with Gasteiger partial charge in [-0.3, -0.25) is 9.59 Å². The van der Waals surface area contributed by atoms with E-state index in [4.69, 9.17) is 5.26 Å². The van der Waals surface area contributed by atoms with Crippen LogP contribution in [-0.4, -0.2) is 30.2 Å². The van der Waals surface area contributed by atoms with Gasteiger partial charge in [0.05, 0.1) is 5.56 Å². The Morgan fingerprint density at radius 3 is 2.55 bits per heavy atom. The third-order valence-corrected chi connectivity index (χ3v) is 7.66. The fourth-order valence-electron chi connectivity index (χ4n) is 4.26. The number of aliphatic imine (C=N–C) groups is 1. The molecule has 0 saturated heterocycles. The average Bonchev–Trinajstić information content (AvgIpc) is 3.66. The van der Waals surface area contributed by atoms with Crippen LogP contribution >= 0.6 is 11.3 Å². The second-order valence-corrected chi connectivity index (χ2v) is 10.4. The summed E-state index contributed by atoms with van der Waals surface area (Å²) >= 11 is 1.43. The van der Waals surface area contributed by atoms with Crippen LogP contribution in [0.4, 0.5) is 18.2 Å². The Kier molecular flexibility index (Phi) is 7.07. The summed E-state index contributed by atoms with van der Waals surface area (Å²) in [4.78, 5) is 30.2. The summed E-state index contributed by atoms with van der Waals surface area (Å²) in [7, 11) is 0. The number of nitrogens with one attached hydrogen (secondary N) is 2. The monoisotopic (exact) mass is 480 g/mol. The van der Waals surface area contributed by atoms with Crippen LogP contribution in [0.1, 0.15) is 72.2 Å². The first-order valence-electron chi connectivity index (χ1n) is 11.5. The fourth-order valence-corrected chi connectivity index (χ4v) is 5.50. The van der Waals surface area contributed by atoms with Gasteiger partial charge >= 0.3 is 6.18 Å². The lowest BCUT2D eigenvalue weighted by molar-refractivity contribution is -0.132. The molecule has 0 aromatic carbocycles. The Morgan fingerprint density at radius 1 is 1.15 bits per heavy atom. The third kappa shape index (κ3) is 6.56. The molecule has 3 aliphatic rings. The molecule has 2 saturated carbocycles. The fraction of sp³-hybridized carbons (Fsp3) is 0.652. The van der Waals surface area contributed by atoms with Crippen molar-refractivity contribution in [3.63, 3.8) is 0 Å². The highest BCUT2D eigenvalue weighted by molar-refractivity contribution is 7.17. The number of nitriles is 1. The number of halogens is 3. The molecule has 1 unspecified atom stereocenters. The van der Waals surface area contributed by atoms with Crippen LogP contribution in [-0.2, 0) is 17.6 Å². The number of aryl methyl sites for hydroxylation is 1. The van der Waals surface area contributed by atoms with Crippen molar-refractivity contribution >= 4 is 33.9 Å². The Balaban J connectivity index is 1.50. The van der Waals surface area contributed by atoms with Crippen LogP contribution in [0.3, 0.4) is 0 Å². The number of alkyl halides is 3. The normalized spacial score (nSPS) is 20.7. The number of hydrogen-bond acceptors (Lipinski definition) is 5. The summed E-state index contributed by atoms with van der Waals surface area (Å²) in [6.45, 7) is 0.610. The van der Waals surface area contributed by atoms with Gasteiger partial charge in [-0.2, -0.15) is 23.4 Å². The Labute approximate surface area is 194 Å². The third-order valence-electron chi connectivity index (χ3n) is 6.45. The Bertz CT molecular complexity index is 987. The minimum absolute atomic E-state index is 0.00519. The second kappa shape index (κ2) is 9.84. The molecule has 2 fully saturated rings. The van der Waals surface area contributed by atoms with Gasteiger partial charge in [0, 0.05) is 29.5 Å². The molecule has 33 heavy (non-hydrogen) atoms. The molecule has 1 heterocycles. The zero-order valence-electron chi connectivity index (χ0n) is 18.3. The van der Waals surface area contributed by atoms with E-state index in [9.17, 15) is 22.8 Å². The van der Waals surface area contributed by atoms with Gasteiger partial charge in [-0.1, -0.05) is 0 Å². The van der Waals surface area contributed by atoms with E-state index >= 15 is 0 Å². The van der Waals surface area contributed by atoms with Gasteiger partial charge in [-0.05, 0) is 75.2 Å². The Morgan fingerprint density at radius 2 is 1.91 bits per heavy atom. The number of thiophene rings is 1. The van der Waals surface area contributed by atoms with Crippen molar-refractivity contribution in [3.05, 3.63) is 16.0 Å². The van der Waals surface area contributed by atoms with Crippen LogP contribution in [0.15, 0.2) is 4.99 Å². The molecule has 2 amide bonds. The number of nitrogens with zero attached hydrogens (tertiary/aromatic N) is 2. The first-order chi connectivity index (χ1) is 15.7. The highest BCUT2D eigenvalue weighted by Crippen LogP contribution is 2.42. The lowest BCUT2D eigenvalue weighted by atomic mass is 9.82. The maximum Gasteiger partial charge on any atom is 0.389 e. The summed E-state index contributed by atoms with van der Waals surface area (Å²) in [6, 6.07) is 0. The van der Waals surface area contributed by atoms with Crippen LogP contribution < -0.4 is 10.6 Å². The SMILES string of the molecule is N#CN=C(CCC(F)(F)F)CC1CCc2sc(NC(=O)C3CC3)c(C(=O)NCC3CC3)c2C1. The number of rotatable bonds is 9. The molecule has 10 heteroatoms. The van der Waals surface area contributed by atoms with Gasteiger partial charge in [0.2, 0.25) is 12.1 Å². The maximum absolute atomic E-state index is 13.1. The van der Waals surface area contributed by atoms with Crippen LogP contribution in [0, 0.1) is 29.2 Å². The molecule has 178 valence electrons. The van der Waals surface area contributed by atoms with Crippen LogP contribution in [0.2, 0.25) is 0 Å². The largest absolute Gasteiger partial charge is 0.389 e. The van der Waals surface area contributed by atoms with Crippen molar-refractivity contribution in [2.75, 3.05) is 11.9 Å². The van der Waals surface area contributed by atoms with Crippen molar-refractivity contribution in [1.29, 1.82) is 5.26 Å². The maximum atomic E-state index is 13.1. The minimum atomic E-state index is -4.30. The van der Waals surface area contributed by atoms with Crippen LogP contribution in [0.25, 0.3) is 0 Å². The predicted molar refractivity (Wildman–Crippen MR) is 119 cm³/mol. The standard InChI is InChI=1S/C23H27F3N4O2S/c24-23(25,26)8-7-16(29-12-27)9-14-3-6-18-17(10-14)19(21(32)28-11-13-1-2-13)22(33-18)30-20(31)15-4-5-15/h13-15H,1-11H2,(H,28,32)(H,30,31). The van der Waals surface area contributed by atoms with E-state index < -0.39 is 12.6 Å². The average molecular weight is 481 g/mol. The number of carbonyl (C=O) groups excluding carboxylic acids is 2. The molecule has 4 rings (SSSR count). The lowest BCUT2D eigenvalue weighted by Gasteiger charge is -2.23. The Hall–Kier alpha value is -2.41. The number of amides is 2. The molecule has 0 radical (unpaired) electrons. The summed E-state index contributed by atoms with van der Waals surface area (Å²) in [6.07, 6.45) is 2.21. The van der Waals surface area contributed by atoms with Gasteiger partial charge in [0.15, 0.2) is 0 Å². The van der Waals surface area contributed by atoms with Gasteiger partial charge in [-0.15, -0.1) is 11.3 Å². The molecule has 3 aliphatic carbocycles. The van der Waals surface area contributed by atoms with E-state index in [0.717, 1.165) is 42.5 Å². The number of anilines is 1. The second-order valence-electron chi connectivity index (χ2n) is 9.33. The van der Waals surface area contributed by atoms with Crippen molar-refractivity contribution < 1.29 is 22.8 Å². The molecule has 1 aromatic heterocycles. The molecule has 2 N–H and O–H groups in total. The minimum Gasteiger partial charge on any atom is -0.352 e. The van der Waals surface area contributed by atoms with Gasteiger partial charge in [-0.25, -0.2) is 0 Å². The summed E-state index contributed by atoms with van der Waals surface area (Å²) in [5, 5.41) is 15.4. The molecule has 0 aliphatic heterocycles. The van der Waals surface area contributed by atoms with Gasteiger partial charge in [0.25, 0.3) is 5.91 Å². The highest BCUT2D eigenvalue weighted by Gasteiger charge is 2.35. The van der Waals surface area contributed by atoms with E-state index in [0.29, 0.717) is 42.3 Å². The molecular weight excluding hydrogens is 453 g/mol. The molecule has 6 nitrogen and oxygen atoms in total. The molecule has 1 aromatic rings. The van der Waals surface area contributed by atoms with Crippen molar-refractivity contribution in [2.45, 2.75) is 70.4 Å². The van der Waals surface area contributed by atoms with E-state index in [1.165, 1.54) is 11.3 Å².